The summed E-state index contributed by atoms with van der Waals surface area (Å²) in [5.74, 6) is 0. The zero-order valence-electron chi connectivity index (χ0n) is 11.6. The van der Waals surface area contributed by atoms with Crippen LogP contribution < -0.4 is 5.32 Å². The van der Waals surface area contributed by atoms with Crippen LogP contribution in [0.1, 0.15) is 36.5 Å². The molecule has 3 heteroatoms. The number of benzene rings is 1. The summed E-state index contributed by atoms with van der Waals surface area (Å²) in [6.45, 7) is 1.73. The summed E-state index contributed by atoms with van der Waals surface area (Å²) in [5.41, 5.74) is 2.79. The van der Waals surface area contributed by atoms with Gasteiger partial charge in [-0.15, -0.1) is 0 Å². The van der Waals surface area contributed by atoms with Gasteiger partial charge in [0.05, 0.1) is 18.8 Å². The molecule has 0 amide bonds. The number of hydrogen-bond acceptors (Lipinski definition) is 3. The summed E-state index contributed by atoms with van der Waals surface area (Å²) in [4.78, 5) is 0. The van der Waals surface area contributed by atoms with Gasteiger partial charge in [-0.2, -0.15) is 0 Å². The van der Waals surface area contributed by atoms with Gasteiger partial charge in [0.15, 0.2) is 0 Å². The molecule has 1 fully saturated rings. The lowest BCUT2D eigenvalue weighted by Gasteiger charge is -2.28. The fourth-order valence-electron chi connectivity index (χ4n) is 3.35. The van der Waals surface area contributed by atoms with Gasteiger partial charge in [-0.05, 0) is 36.8 Å². The molecule has 0 saturated heterocycles. The summed E-state index contributed by atoms with van der Waals surface area (Å²) >= 11 is 0. The Balaban J connectivity index is 1.62. The zero-order chi connectivity index (χ0) is 13.1. The first-order valence-electron chi connectivity index (χ1n) is 7.34. The third kappa shape index (κ3) is 2.83. The lowest BCUT2D eigenvalue weighted by molar-refractivity contribution is 0.0321. The van der Waals surface area contributed by atoms with Crippen molar-refractivity contribution >= 4 is 0 Å². The summed E-state index contributed by atoms with van der Waals surface area (Å²) in [5, 5.41) is 3.64. The standard InChI is InChI=1S/C16H23NO2/c1-18-15-8-4-7-14(15)17-11-16-13-6-3-2-5-12(13)9-10-19-16/h2-3,5-6,14-17H,4,7-11H2,1H3. The summed E-state index contributed by atoms with van der Waals surface area (Å²) in [7, 11) is 1.82. The second-order valence-corrected chi connectivity index (χ2v) is 5.53. The van der Waals surface area contributed by atoms with E-state index in [1.807, 2.05) is 7.11 Å². The Hall–Kier alpha value is -0.900. The second-order valence-electron chi connectivity index (χ2n) is 5.53. The molecule has 1 aliphatic heterocycles. The minimum absolute atomic E-state index is 0.197. The van der Waals surface area contributed by atoms with E-state index in [4.69, 9.17) is 9.47 Å². The average Bonchev–Trinajstić information content (AvgIpc) is 2.92. The lowest BCUT2D eigenvalue weighted by atomic mass is 9.97. The predicted octanol–water partition coefficient (Wildman–Crippen LogP) is 2.46. The normalized spacial score (nSPS) is 30.3. The van der Waals surface area contributed by atoms with Gasteiger partial charge >= 0.3 is 0 Å². The molecule has 19 heavy (non-hydrogen) atoms. The highest BCUT2D eigenvalue weighted by atomic mass is 16.5. The van der Waals surface area contributed by atoms with Crippen LogP contribution >= 0.6 is 0 Å². The van der Waals surface area contributed by atoms with Crippen LogP contribution in [-0.2, 0) is 15.9 Å². The van der Waals surface area contributed by atoms with Gasteiger partial charge in [-0.25, -0.2) is 0 Å². The average molecular weight is 261 g/mol. The number of nitrogens with one attached hydrogen (secondary N) is 1. The Morgan fingerprint density at radius 2 is 2.21 bits per heavy atom. The molecule has 1 aromatic rings. The van der Waals surface area contributed by atoms with E-state index in [1.54, 1.807) is 0 Å². The van der Waals surface area contributed by atoms with E-state index < -0.39 is 0 Å². The Kier molecular flexibility index (Phi) is 4.16. The van der Waals surface area contributed by atoms with Gasteiger partial charge in [-0.3, -0.25) is 0 Å². The molecule has 3 unspecified atom stereocenters. The van der Waals surface area contributed by atoms with E-state index >= 15 is 0 Å². The van der Waals surface area contributed by atoms with Crippen molar-refractivity contribution in [3.05, 3.63) is 35.4 Å². The van der Waals surface area contributed by atoms with Crippen molar-refractivity contribution in [1.29, 1.82) is 0 Å². The first-order valence-corrected chi connectivity index (χ1v) is 7.34. The molecule has 3 atom stereocenters. The Morgan fingerprint density at radius 3 is 3.11 bits per heavy atom. The van der Waals surface area contributed by atoms with Crippen LogP contribution in [0, 0.1) is 0 Å². The van der Waals surface area contributed by atoms with E-state index in [0.717, 1.165) is 19.6 Å². The molecule has 2 aliphatic rings. The predicted molar refractivity (Wildman–Crippen MR) is 75.3 cm³/mol. The quantitative estimate of drug-likeness (QED) is 0.903. The Bertz CT molecular complexity index is 421. The van der Waals surface area contributed by atoms with Crippen molar-refractivity contribution in [2.75, 3.05) is 20.3 Å². The largest absolute Gasteiger partial charge is 0.380 e. The van der Waals surface area contributed by atoms with Gasteiger partial charge < -0.3 is 14.8 Å². The summed E-state index contributed by atoms with van der Waals surface area (Å²) < 4.78 is 11.5. The number of rotatable bonds is 4. The highest BCUT2D eigenvalue weighted by Crippen LogP contribution is 2.27. The minimum atomic E-state index is 0.197. The maximum atomic E-state index is 5.93. The number of fused-ring (bicyclic) bond motifs is 1. The molecule has 0 aromatic heterocycles. The second kappa shape index (κ2) is 6.04. The molecule has 1 saturated carbocycles. The van der Waals surface area contributed by atoms with Crippen LogP contribution in [-0.4, -0.2) is 32.4 Å². The van der Waals surface area contributed by atoms with Crippen molar-refractivity contribution in [2.24, 2.45) is 0 Å². The van der Waals surface area contributed by atoms with Crippen LogP contribution in [0.25, 0.3) is 0 Å². The van der Waals surface area contributed by atoms with E-state index in [0.29, 0.717) is 12.1 Å². The summed E-state index contributed by atoms with van der Waals surface area (Å²) in [6, 6.07) is 9.13. The van der Waals surface area contributed by atoms with Crippen molar-refractivity contribution in [3.8, 4) is 0 Å². The van der Waals surface area contributed by atoms with Crippen molar-refractivity contribution in [1.82, 2.24) is 5.32 Å². The van der Waals surface area contributed by atoms with Crippen LogP contribution in [0.15, 0.2) is 24.3 Å². The zero-order valence-corrected chi connectivity index (χ0v) is 11.6. The van der Waals surface area contributed by atoms with E-state index in [2.05, 4.69) is 29.6 Å². The molecule has 0 bridgehead atoms. The van der Waals surface area contributed by atoms with Crippen LogP contribution in [0.2, 0.25) is 0 Å². The smallest absolute Gasteiger partial charge is 0.0952 e. The highest BCUT2D eigenvalue weighted by Gasteiger charge is 2.28. The molecule has 1 N–H and O–H groups in total. The maximum absolute atomic E-state index is 5.93. The van der Waals surface area contributed by atoms with Gasteiger partial charge in [0.25, 0.3) is 0 Å². The molecule has 3 rings (SSSR count). The lowest BCUT2D eigenvalue weighted by Crippen LogP contribution is -2.40. The molecule has 1 aromatic carbocycles. The Morgan fingerprint density at radius 1 is 1.32 bits per heavy atom. The van der Waals surface area contributed by atoms with Crippen LogP contribution in [0.4, 0.5) is 0 Å². The molecule has 104 valence electrons. The van der Waals surface area contributed by atoms with Crippen LogP contribution in [0.5, 0.6) is 0 Å². The maximum Gasteiger partial charge on any atom is 0.0952 e. The molecule has 1 aliphatic carbocycles. The fraction of sp³-hybridized carbons (Fsp3) is 0.625. The third-order valence-corrected chi connectivity index (χ3v) is 4.41. The third-order valence-electron chi connectivity index (χ3n) is 4.41. The van der Waals surface area contributed by atoms with Gasteiger partial charge in [0.1, 0.15) is 0 Å². The van der Waals surface area contributed by atoms with Gasteiger partial charge in [-0.1, -0.05) is 24.3 Å². The minimum Gasteiger partial charge on any atom is -0.380 e. The highest BCUT2D eigenvalue weighted by molar-refractivity contribution is 5.31. The number of ether oxygens (including phenoxy) is 2. The van der Waals surface area contributed by atoms with Crippen molar-refractivity contribution in [2.45, 2.75) is 43.9 Å². The Labute approximate surface area is 115 Å². The monoisotopic (exact) mass is 261 g/mol. The van der Waals surface area contributed by atoms with Crippen molar-refractivity contribution < 1.29 is 9.47 Å². The van der Waals surface area contributed by atoms with Crippen LogP contribution in [0.3, 0.4) is 0 Å². The van der Waals surface area contributed by atoms with E-state index in [1.165, 1.54) is 30.4 Å². The van der Waals surface area contributed by atoms with Crippen molar-refractivity contribution in [3.63, 3.8) is 0 Å². The SMILES string of the molecule is COC1CCCC1NCC1OCCc2ccccc21. The van der Waals surface area contributed by atoms with Gasteiger partial charge in [0.2, 0.25) is 0 Å². The molecule has 0 spiro atoms. The van der Waals surface area contributed by atoms with Gasteiger partial charge in [0, 0.05) is 19.7 Å². The van der Waals surface area contributed by atoms with E-state index in [-0.39, 0.29) is 6.10 Å². The molecular weight excluding hydrogens is 238 g/mol. The fourth-order valence-corrected chi connectivity index (χ4v) is 3.35. The van der Waals surface area contributed by atoms with E-state index in [9.17, 15) is 0 Å². The topological polar surface area (TPSA) is 30.5 Å². The molecule has 3 nitrogen and oxygen atoms in total. The molecule has 0 radical (unpaired) electrons. The first-order chi connectivity index (χ1) is 9.38. The molecular formula is C16H23NO2. The first kappa shape index (κ1) is 13.1. The summed E-state index contributed by atoms with van der Waals surface area (Å²) in [6.07, 6.45) is 5.26. The number of methoxy groups -OCH3 is 1. The number of hydrogen-bond donors (Lipinski definition) is 1. The molecule has 1 heterocycles.